The van der Waals surface area contributed by atoms with Crippen molar-refractivity contribution in [2.75, 3.05) is 13.1 Å². The summed E-state index contributed by atoms with van der Waals surface area (Å²) in [5.74, 6) is 1.28. The van der Waals surface area contributed by atoms with Crippen LogP contribution in [0.5, 0.6) is 0 Å². The maximum atomic E-state index is 4.65. The minimum Gasteiger partial charge on any atom is -0.357 e. The van der Waals surface area contributed by atoms with Gasteiger partial charge in [0.25, 0.3) is 0 Å². The van der Waals surface area contributed by atoms with Gasteiger partial charge >= 0.3 is 0 Å². The summed E-state index contributed by atoms with van der Waals surface area (Å²) >= 11 is 1.74. The van der Waals surface area contributed by atoms with E-state index in [4.69, 9.17) is 0 Å². The number of aryl methyl sites for hydroxylation is 2. The number of benzene rings is 1. The normalized spacial score (nSPS) is 12.4. The van der Waals surface area contributed by atoms with Crippen molar-refractivity contribution in [1.82, 2.24) is 15.6 Å². The number of halogens is 1. The fourth-order valence-electron chi connectivity index (χ4n) is 2.34. The van der Waals surface area contributed by atoms with Crippen molar-refractivity contribution in [1.29, 1.82) is 0 Å². The third-order valence-corrected chi connectivity index (χ3v) is 5.02. The first-order chi connectivity index (χ1) is 11.6. The van der Waals surface area contributed by atoms with E-state index in [9.17, 15) is 0 Å². The Balaban J connectivity index is 0.00000312. The highest BCUT2D eigenvalue weighted by atomic mass is 127. The molecule has 1 heterocycles. The van der Waals surface area contributed by atoms with Crippen LogP contribution in [0.2, 0.25) is 0 Å². The molecular weight excluding hydrogens is 443 g/mol. The zero-order chi connectivity index (χ0) is 17.4. The molecule has 0 radical (unpaired) electrons. The molecule has 2 aromatic rings. The maximum absolute atomic E-state index is 4.65. The number of hydrogen-bond acceptors (Lipinski definition) is 3. The van der Waals surface area contributed by atoms with Crippen molar-refractivity contribution in [2.24, 2.45) is 4.99 Å². The van der Waals surface area contributed by atoms with Gasteiger partial charge in [-0.15, -0.1) is 35.3 Å². The van der Waals surface area contributed by atoms with Gasteiger partial charge in [-0.1, -0.05) is 43.7 Å². The van der Waals surface area contributed by atoms with Gasteiger partial charge in [-0.2, -0.15) is 0 Å². The Hall–Kier alpha value is -1.15. The second kappa shape index (κ2) is 11.5. The quantitative estimate of drug-likeness (QED) is 0.355. The van der Waals surface area contributed by atoms with Crippen LogP contribution in [0.4, 0.5) is 0 Å². The molecule has 138 valence electrons. The summed E-state index contributed by atoms with van der Waals surface area (Å²) in [6.45, 7) is 10.9. The topological polar surface area (TPSA) is 49.3 Å². The average Bonchev–Trinajstić information content (AvgIpc) is 3.06. The smallest absolute Gasteiger partial charge is 0.191 e. The predicted octanol–water partition coefficient (Wildman–Crippen LogP) is 4.49. The van der Waals surface area contributed by atoms with Crippen LogP contribution in [0.25, 0.3) is 0 Å². The number of guanidine groups is 1. The summed E-state index contributed by atoms with van der Waals surface area (Å²) in [4.78, 5) is 10.4. The zero-order valence-corrected chi connectivity index (χ0v) is 18.7. The Labute approximate surface area is 172 Å². The van der Waals surface area contributed by atoms with Crippen molar-refractivity contribution in [3.63, 3.8) is 0 Å². The van der Waals surface area contributed by atoms with Gasteiger partial charge in [0, 0.05) is 24.2 Å². The van der Waals surface area contributed by atoms with Crippen LogP contribution in [-0.4, -0.2) is 24.0 Å². The number of nitrogens with zero attached hydrogens (tertiary/aromatic N) is 2. The lowest BCUT2D eigenvalue weighted by molar-refractivity contribution is 0.699. The Morgan fingerprint density at radius 1 is 1.20 bits per heavy atom. The summed E-state index contributed by atoms with van der Waals surface area (Å²) in [6, 6.07) is 8.74. The molecule has 0 aliphatic rings. The molecule has 25 heavy (non-hydrogen) atoms. The number of thiazole rings is 1. The molecule has 0 fully saturated rings. The Bertz CT molecular complexity index is 652. The van der Waals surface area contributed by atoms with E-state index in [2.05, 4.69) is 72.6 Å². The SMILES string of the molecule is CCNC(=NCc1ncc(CC)s1)NCC(C)c1ccc(C)cc1.I. The van der Waals surface area contributed by atoms with E-state index < -0.39 is 0 Å². The molecule has 0 amide bonds. The second-order valence-corrected chi connectivity index (χ2v) is 7.16. The van der Waals surface area contributed by atoms with Gasteiger partial charge in [0.05, 0.1) is 6.54 Å². The van der Waals surface area contributed by atoms with E-state index in [1.54, 1.807) is 11.3 Å². The van der Waals surface area contributed by atoms with Crippen molar-refractivity contribution >= 4 is 41.3 Å². The van der Waals surface area contributed by atoms with Crippen LogP contribution in [0, 0.1) is 6.92 Å². The van der Waals surface area contributed by atoms with E-state index >= 15 is 0 Å². The molecule has 0 saturated heterocycles. The molecule has 2 rings (SSSR count). The van der Waals surface area contributed by atoms with Gasteiger partial charge in [-0.05, 0) is 31.7 Å². The lowest BCUT2D eigenvalue weighted by atomic mass is 10.0. The number of hydrogen-bond donors (Lipinski definition) is 2. The Morgan fingerprint density at radius 2 is 1.92 bits per heavy atom. The largest absolute Gasteiger partial charge is 0.357 e. The molecule has 4 nitrogen and oxygen atoms in total. The van der Waals surface area contributed by atoms with Crippen LogP contribution in [0.1, 0.15) is 47.7 Å². The Morgan fingerprint density at radius 3 is 2.52 bits per heavy atom. The molecule has 2 N–H and O–H groups in total. The highest BCUT2D eigenvalue weighted by Crippen LogP contribution is 2.15. The second-order valence-electron chi connectivity index (χ2n) is 5.96. The van der Waals surface area contributed by atoms with E-state index in [-0.39, 0.29) is 24.0 Å². The van der Waals surface area contributed by atoms with Crippen molar-refractivity contribution in [3.8, 4) is 0 Å². The molecule has 0 aliphatic heterocycles. The Kier molecular flexibility index (Phi) is 10.0. The third kappa shape index (κ3) is 7.32. The molecule has 1 aromatic carbocycles. The van der Waals surface area contributed by atoms with Crippen LogP contribution >= 0.6 is 35.3 Å². The monoisotopic (exact) mass is 472 g/mol. The number of aromatic nitrogens is 1. The minimum atomic E-state index is 0. The molecule has 6 heteroatoms. The van der Waals surface area contributed by atoms with Crippen LogP contribution in [0.15, 0.2) is 35.5 Å². The zero-order valence-electron chi connectivity index (χ0n) is 15.5. The third-order valence-electron chi connectivity index (χ3n) is 3.89. The molecule has 0 bridgehead atoms. The van der Waals surface area contributed by atoms with Crippen molar-refractivity contribution in [3.05, 3.63) is 51.5 Å². The molecule has 1 aromatic heterocycles. The van der Waals surface area contributed by atoms with E-state index in [1.165, 1.54) is 16.0 Å². The summed E-state index contributed by atoms with van der Waals surface area (Å²) in [7, 11) is 0. The summed E-state index contributed by atoms with van der Waals surface area (Å²) < 4.78 is 0. The first kappa shape index (κ1) is 21.9. The molecule has 0 saturated carbocycles. The number of nitrogens with one attached hydrogen (secondary N) is 2. The lowest BCUT2D eigenvalue weighted by Crippen LogP contribution is -2.39. The first-order valence-corrected chi connectivity index (χ1v) is 9.46. The highest BCUT2D eigenvalue weighted by Gasteiger charge is 2.07. The fourth-order valence-corrected chi connectivity index (χ4v) is 3.12. The lowest BCUT2D eigenvalue weighted by Gasteiger charge is -2.16. The molecule has 0 spiro atoms. The standard InChI is InChI=1S/C19H28N4S.HI/c1-5-17-12-21-18(24-17)13-23-19(20-6-2)22-11-15(4)16-9-7-14(3)8-10-16;/h7-10,12,15H,5-6,11,13H2,1-4H3,(H2,20,22,23);1H. The molecule has 1 atom stereocenters. The van der Waals surface area contributed by atoms with E-state index in [0.29, 0.717) is 12.5 Å². The van der Waals surface area contributed by atoms with Crippen LogP contribution < -0.4 is 10.6 Å². The van der Waals surface area contributed by atoms with Crippen molar-refractivity contribution in [2.45, 2.75) is 46.6 Å². The van der Waals surface area contributed by atoms with Gasteiger partial charge in [0.15, 0.2) is 5.96 Å². The fraction of sp³-hybridized carbons (Fsp3) is 0.474. The average molecular weight is 472 g/mol. The predicted molar refractivity (Wildman–Crippen MR) is 119 cm³/mol. The highest BCUT2D eigenvalue weighted by molar-refractivity contribution is 14.0. The van der Waals surface area contributed by atoms with Crippen molar-refractivity contribution < 1.29 is 0 Å². The number of aliphatic imine (C=N–C) groups is 1. The van der Waals surface area contributed by atoms with E-state index in [0.717, 1.165) is 30.5 Å². The van der Waals surface area contributed by atoms with Crippen LogP contribution in [-0.2, 0) is 13.0 Å². The van der Waals surface area contributed by atoms with Gasteiger partial charge in [0.1, 0.15) is 5.01 Å². The molecule has 1 unspecified atom stereocenters. The van der Waals surface area contributed by atoms with Crippen LogP contribution in [0.3, 0.4) is 0 Å². The van der Waals surface area contributed by atoms with Gasteiger partial charge in [0.2, 0.25) is 0 Å². The van der Waals surface area contributed by atoms with Gasteiger partial charge in [-0.25, -0.2) is 9.98 Å². The molecular formula is C19H29IN4S. The molecule has 0 aliphatic carbocycles. The maximum Gasteiger partial charge on any atom is 0.191 e. The minimum absolute atomic E-state index is 0. The summed E-state index contributed by atoms with van der Waals surface area (Å²) in [6.07, 6.45) is 2.99. The van der Waals surface area contributed by atoms with Gasteiger partial charge in [-0.3, -0.25) is 0 Å². The van der Waals surface area contributed by atoms with Gasteiger partial charge < -0.3 is 10.6 Å². The first-order valence-electron chi connectivity index (χ1n) is 8.64. The van der Waals surface area contributed by atoms with E-state index in [1.807, 2.05) is 6.20 Å². The number of rotatable bonds is 7. The summed E-state index contributed by atoms with van der Waals surface area (Å²) in [5, 5.41) is 7.81. The summed E-state index contributed by atoms with van der Waals surface area (Å²) in [5.41, 5.74) is 2.64.